The molecule has 110 valence electrons. The van der Waals surface area contributed by atoms with Crippen molar-refractivity contribution in [2.45, 2.75) is 13.0 Å². The van der Waals surface area contributed by atoms with E-state index in [1.807, 2.05) is 36.4 Å². The highest BCUT2D eigenvalue weighted by atomic mass is 35.5. The second-order valence-electron chi connectivity index (χ2n) is 4.88. The number of halogens is 1. The first-order valence-corrected chi connectivity index (χ1v) is 7.55. The summed E-state index contributed by atoms with van der Waals surface area (Å²) in [5, 5.41) is 4.23. The molecule has 1 N–H and O–H groups in total. The van der Waals surface area contributed by atoms with Gasteiger partial charge >= 0.3 is 0 Å². The molecule has 3 rings (SSSR count). The zero-order valence-corrected chi connectivity index (χ0v) is 12.7. The number of hydrogen-bond donors (Lipinski definition) is 1. The van der Waals surface area contributed by atoms with Gasteiger partial charge in [0.25, 0.3) is 0 Å². The van der Waals surface area contributed by atoms with Gasteiger partial charge in [0.15, 0.2) is 11.5 Å². The van der Waals surface area contributed by atoms with E-state index in [-0.39, 0.29) is 6.04 Å². The third kappa shape index (κ3) is 2.85. The minimum atomic E-state index is -0.0136. The highest BCUT2D eigenvalue weighted by molar-refractivity contribution is 6.31. The van der Waals surface area contributed by atoms with E-state index >= 15 is 0 Å². The predicted octanol–water partition coefficient (Wildman–Crippen LogP) is 3.81. The molecule has 2 aromatic carbocycles. The van der Waals surface area contributed by atoms with Gasteiger partial charge in [-0.15, -0.1) is 0 Å². The van der Waals surface area contributed by atoms with Crippen LogP contribution in [0.25, 0.3) is 0 Å². The molecule has 4 heteroatoms. The quantitative estimate of drug-likeness (QED) is 0.931. The first kappa shape index (κ1) is 14.2. The van der Waals surface area contributed by atoms with Crippen LogP contribution in [0.3, 0.4) is 0 Å². The van der Waals surface area contributed by atoms with E-state index in [2.05, 4.69) is 18.3 Å². The van der Waals surface area contributed by atoms with Crippen LogP contribution in [0, 0.1) is 0 Å². The molecule has 0 spiro atoms. The molecule has 0 aliphatic carbocycles. The molecule has 1 unspecified atom stereocenters. The predicted molar refractivity (Wildman–Crippen MR) is 84.4 cm³/mol. The molecule has 0 amide bonds. The maximum absolute atomic E-state index is 6.38. The Kier molecular flexibility index (Phi) is 4.32. The Morgan fingerprint density at radius 3 is 2.62 bits per heavy atom. The summed E-state index contributed by atoms with van der Waals surface area (Å²) in [7, 11) is 0. The van der Waals surface area contributed by atoms with Gasteiger partial charge in [-0.05, 0) is 24.2 Å². The van der Waals surface area contributed by atoms with Gasteiger partial charge in [0, 0.05) is 10.6 Å². The third-order valence-electron chi connectivity index (χ3n) is 3.53. The molecule has 0 saturated carbocycles. The van der Waals surface area contributed by atoms with E-state index in [0.29, 0.717) is 13.2 Å². The highest BCUT2D eigenvalue weighted by Gasteiger charge is 2.24. The normalized spacial score (nSPS) is 14.8. The fourth-order valence-electron chi connectivity index (χ4n) is 2.62. The SMILES string of the molecule is CCNC(c1ccccc1Cl)c1cccc2c1OCCO2. The topological polar surface area (TPSA) is 30.5 Å². The summed E-state index contributed by atoms with van der Waals surface area (Å²) in [4.78, 5) is 0. The molecule has 0 radical (unpaired) electrons. The number of hydrogen-bond acceptors (Lipinski definition) is 3. The summed E-state index contributed by atoms with van der Waals surface area (Å²) in [5.41, 5.74) is 2.10. The molecular weight excluding hydrogens is 286 g/mol. The van der Waals surface area contributed by atoms with Crippen LogP contribution in [-0.4, -0.2) is 19.8 Å². The van der Waals surface area contributed by atoms with E-state index in [0.717, 1.165) is 34.2 Å². The summed E-state index contributed by atoms with van der Waals surface area (Å²) in [6.45, 7) is 4.08. The van der Waals surface area contributed by atoms with E-state index in [9.17, 15) is 0 Å². The zero-order chi connectivity index (χ0) is 14.7. The van der Waals surface area contributed by atoms with E-state index in [1.165, 1.54) is 0 Å². The van der Waals surface area contributed by atoms with Gasteiger partial charge in [0.1, 0.15) is 13.2 Å². The number of benzene rings is 2. The highest BCUT2D eigenvalue weighted by Crippen LogP contribution is 2.40. The van der Waals surface area contributed by atoms with Crippen molar-refractivity contribution in [2.75, 3.05) is 19.8 Å². The second kappa shape index (κ2) is 6.37. The molecule has 0 aromatic heterocycles. The van der Waals surface area contributed by atoms with Gasteiger partial charge in [-0.1, -0.05) is 48.9 Å². The second-order valence-corrected chi connectivity index (χ2v) is 5.29. The van der Waals surface area contributed by atoms with Gasteiger partial charge in [-0.25, -0.2) is 0 Å². The maximum Gasteiger partial charge on any atom is 0.166 e. The number of ether oxygens (including phenoxy) is 2. The molecule has 2 aromatic rings. The summed E-state index contributed by atoms with van der Waals surface area (Å²) >= 11 is 6.38. The molecule has 0 saturated heterocycles. The summed E-state index contributed by atoms with van der Waals surface area (Å²) < 4.78 is 11.5. The Balaban J connectivity index is 2.08. The van der Waals surface area contributed by atoms with Crippen LogP contribution in [0.1, 0.15) is 24.1 Å². The van der Waals surface area contributed by atoms with Crippen molar-refractivity contribution in [1.29, 1.82) is 0 Å². The number of rotatable bonds is 4. The van der Waals surface area contributed by atoms with Crippen LogP contribution in [0.2, 0.25) is 5.02 Å². The van der Waals surface area contributed by atoms with Crippen LogP contribution >= 0.6 is 11.6 Å². The first-order valence-electron chi connectivity index (χ1n) is 7.17. The molecular formula is C17H18ClNO2. The molecule has 0 bridgehead atoms. The zero-order valence-electron chi connectivity index (χ0n) is 11.9. The van der Waals surface area contributed by atoms with Crippen molar-refractivity contribution in [3.8, 4) is 11.5 Å². The molecule has 0 fully saturated rings. The van der Waals surface area contributed by atoms with Crippen LogP contribution < -0.4 is 14.8 Å². The Hall–Kier alpha value is -1.71. The van der Waals surface area contributed by atoms with Crippen molar-refractivity contribution < 1.29 is 9.47 Å². The van der Waals surface area contributed by atoms with Crippen LogP contribution in [-0.2, 0) is 0 Å². The van der Waals surface area contributed by atoms with Gasteiger partial charge in [-0.3, -0.25) is 0 Å². The van der Waals surface area contributed by atoms with Crippen molar-refractivity contribution in [3.05, 3.63) is 58.6 Å². The molecule has 1 atom stereocenters. The Morgan fingerprint density at radius 2 is 1.81 bits per heavy atom. The molecule has 1 aliphatic rings. The van der Waals surface area contributed by atoms with Crippen molar-refractivity contribution in [1.82, 2.24) is 5.32 Å². The molecule has 21 heavy (non-hydrogen) atoms. The number of nitrogens with one attached hydrogen (secondary N) is 1. The lowest BCUT2D eigenvalue weighted by atomic mass is 9.97. The smallest absolute Gasteiger partial charge is 0.166 e. The largest absolute Gasteiger partial charge is 0.486 e. The summed E-state index contributed by atoms with van der Waals surface area (Å²) in [5.74, 6) is 1.61. The minimum absolute atomic E-state index is 0.0136. The fraction of sp³-hybridized carbons (Fsp3) is 0.294. The number of para-hydroxylation sites is 1. The van der Waals surface area contributed by atoms with Crippen molar-refractivity contribution in [3.63, 3.8) is 0 Å². The van der Waals surface area contributed by atoms with Gasteiger partial charge in [0.2, 0.25) is 0 Å². The van der Waals surface area contributed by atoms with E-state index in [4.69, 9.17) is 21.1 Å². The Labute approximate surface area is 129 Å². The number of fused-ring (bicyclic) bond motifs is 1. The van der Waals surface area contributed by atoms with E-state index in [1.54, 1.807) is 0 Å². The van der Waals surface area contributed by atoms with Crippen molar-refractivity contribution >= 4 is 11.6 Å². The lowest BCUT2D eigenvalue weighted by Gasteiger charge is -2.26. The van der Waals surface area contributed by atoms with Gasteiger partial charge in [-0.2, -0.15) is 0 Å². The molecule has 1 heterocycles. The lowest BCUT2D eigenvalue weighted by Crippen LogP contribution is -2.25. The molecule has 3 nitrogen and oxygen atoms in total. The van der Waals surface area contributed by atoms with Gasteiger partial charge in [0.05, 0.1) is 6.04 Å². The van der Waals surface area contributed by atoms with Crippen LogP contribution in [0.5, 0.6) is 11.5 Å². The minimum Gasteiger partial charge on any atom is -0.486 e. The third-order valence-corrected chi connectivity index (χ3v) is 3.88. The van der Waals surface area contributed by atoms with Gasteiger partial charge < -0.3 is 14.8 Å². The first-order chi connectivity index (χ1) is 10.3. The average Bonchev–Trinajstić information content (AvgIpc) is 2.53. The van der Waals surface area contributed by atoms with E-state index < -0.39 is 0 Å². The maximum atomic E-state index is 6.38. The average molecular weight is 304 g/mol. The lowest BCUT2D eigenvalue weighted by molar-refractivity contribution is 0.169. The molecule has 1 aliphatic heterocycles. The monoisotopic (exact) mass is 303 g/mol. The Morgan fingerprint density at radius 1 is 1.05 bits per heavy atom. The summed E-state index contributed by atoms with van der Waals surface area (Å²) in [6.07, 6.45) is 0. The van der Waals surface area contributed by atoms with Crippen LogP contribution in [0.4, 0.5) is 0 Å². The summed E-state index contributed by atoms with van der Waals surface area (Å²) in [6, 6.07) is 13.9. The fourth-order valence-corrected chi connectivity index (χ4v) is 2.87. The standard InChI is InChI=1S/C17H18ClNO2/c1-2-19-16(12-6-3-4-8-14(12)18)13-7-5-9-15-17(13)21-11-10-20-15/h3-9,16,19H,2,10-11H2,1H3. The Bertz CT molecular complexity index is 630. The van der Waals surface area contributed by atoms with Crippen molar-refractivity contribution in [2.24, 2.45) is 0 Å². The van der Waals surface area contributed by atoms with Crippen LogP contribution in [0.15, 0.2) is 42.5 Å².